The van der Waals surface area contributed by atoms with Crippen LogP contribution >= 0.6 is 0 Å². The molecule has 0 spiro atoms. The van der Waals surface area contributed by atoms with Crippen molar-refractivity contribution in [3.05, 3.63) is 96.3 Å². The first-order valence-electron chi connectivity index (χ1n) is 11.2. The number of ether oxygens (including phenoxy) is 2. The van der Waals surface area contributed by atoms with Crippen LogP contribution in [-0.2, 0) is 14.3 Å². The zero-order chi connectivity index (χ0) is 25.9. The molecule has 3 aromatic rings. The minimum atomic E-state index is -0.986. The van der Waals surface area contributed by atoms with Crippen molar-refractivity contribution in [1.29, 1.82) is 0 Å². The Bertz CT molecular complexity index is 1200. The summed E-state index contributed by atoms with van der Waals surface area (Å²) in [7, 11) is 1.45. The minimum Gasteiger partial charge on any atom is -0.505 e. The summed E-state index contributed by atoms with van der Waals surface area (Å²) in [6.07, 6.45) is 1.36. The zero-order valence-electron chi connectivity index (χ0n) is 19.7. The maximum atomic E-state index is 14.1. The Kier molecular flexibility index (Phi) is 9.41. The normalized spacial score (nSPS) is 12.6. The number of nitrogens with one attached hydrogen (secondary N) is 2. The van der Waals surface area contributed by atoms with Gasteiger partial charge in [0.2, 0.25) is 5.91 Å². The second-order valence-corrected chi connectivity index (χ2v) is 7.86. The van der Waals surface area contributed by atoms with E-state index in [1.807, 2.05) is 6.07 Å². The summed E-state index contributed by atoms with van der Waals surface area (Å²) < 4.78 is 25.3. The number of carbonyl (C=O) groups is 2. The Morgan fingerprint density at radius 1 is 1.06 bits per heavy atom. The van der Waals surface area contributed by atoms with Gasteiger partial charge in [0.25, 0.3) is 0 Å². The highest BCUT2D eigenvalue weighted by atomic mass is 19.1. The maximum Gasteiger partial charge on any atom is 0.412 e. The molecule has 0 fully saturated rings. The first kappa shape index (κ1) is 26.2. The monoisotopic (exact) mass is 493 g/mol. The molecule has 0 aromatic heterocycles. The molecule has 0 bridgehead atoms. The average molecular weight is 494 g/mol. The van der Waals surface area contributed by atoms with E-state index in [4.69, 9.17) is 15.2 Å². The number of carbonyl (C=O) groups excluding carboxylic acids is 2. The Morgan fingerprint density at radius 3 is 2.47 bits per heavy atom. The zero-order valence-corrected chi connectivity index (χ0v) is 19.7. The SMILES string of the molecule is CO[C@H](CC/C=C/C(=O)Nc1ccccc1N)[C@H](OC(=O)Nc1ccccc1)c1ccc(O)c(F)c1. The van der Waals surface area contributed by atoms with Gasteiger partial charge in [0.1, 0.15) is 0 Å². The molecule has 3 rings (SSSR count). The lowest BCUT2D eigenvalue weighted by Crippen LogP contribution is -2.28. The second-order valence-electron chi connectivity index (χ2n) is 7.86. The molecule has 0 aliphatic carbocycles. The summed E-state index contributed by atoms with van der Waals surface area (Å²) in [5, 5.41) is 14.9. The molecule has 3 aromatic carbocycles. The van der Waals surface area contributed by atoms with E-state index in [-0.39, 0.29) is 5.91 Å². The van der Waals surface area contributed by atoms with Gasteiger partial charge in [-0.2, -0.15) is 0 Å². The lowest BCUT2D eigenvalue weighted by Gasteiger charge is -2.26. The third kappa shape index (κ3) is 7.57. The van der Waals surface area contributed by atoms with Crippen LogP contribution in [0.3, 0.4) is 0 Å². The predicted octanol–water partition coefficient (Wildman–Crippen LogP) is 5.39. The van der Waals surface area contributed by atoms with Crippen LogP contribution < -0.4 is 16.4 Å². The standard InChI is InChI=1S/C27H28FN3O5/c1-35-24(13-7-8-14-25(33)31-22-12-6-5-11-21(22)29)26(18-15-16-23(32)20(28)17-18)36-27(34)30-19-9-3-2-4-10-19/h2-6,8-12,14-17,24,26,32H,7,13,29H2,1H3,(H,30,34)(H,31,33)/b14-8+/t24-,26-/m1/s1. The fraction of sp³-hybridized carbons (Fsp3) is 0.185. The summed E-state index contributed by atoms with van der Waals surface area (Å²) >= 11 is 0. The van der Waals surface area contributed by atoms with Gasteiger partial charge in [0.15, 0.2) is 17.7 Å². The molecular formula is C27H28FN3O5. The fourth-order valence-electron chi connectivity index (χ4n) is 3.47. The molecule has 0 radical (unpaired) electrons. The molecule has 0 unspecified atom stereocenters. The number of nitrogens with two attached hydrogens (primary N) is 1. The van der Waals surface area contributed by atoms with E-state index in [9.17, 15) is 19.1 Å². The molecule has 2 atom stereocenters. The third-order valence-electron chi connectivity index (χ3n) is 5.30. The number of hydrogen-bond acceptors (Lipinski definition) is 6. The van der Waals surface area contributed by atoms with Crippen LogP contribution in [0.2, 0.25) is 0 Å². The summed E-state index contributed by atoms with van der Waals surface area (Å²) in [6, 6.07) is 19.4. The highest BCUT2D eigenvalue weighted by Gasteiger charge is 2.28. The lowest BCUT2D eigenvalue weighted by molar-refractivity contribution is -0.111. The van der Waals surface area contributed by atoms with E-state index in [1.54, 1.807) is 54.6 Å². The van der Waals surface area contributed by atoms with Crippen LogP contribution in [-0.4, -0.2) is 30.3 Å². The maximum absolute atomic E-state index is 14.1. The van der Waals surface area contributed by atoms with Crippen molar-refractivity contribution in [1.82, 2.24) is 0 Å². The van der Waals surface area contributed by atoms with E-state index < -0.39 is 29.9 Å². The predicted molar refractivity (Wildman–Crippen MR) is 136 cm³/mol. The summed E-state index contributed by atoms with van der Waals surface area (Å²) in [5.41, 5.74) is 7.63. The quantitative estimate of drug-likeness (QED) is 0.222. The van der Waals surface area contributed by atoms with Gasteiger partial charge in [-0.25, -0.2) is 9.18 Å². The molecule has 188 valence electrons. The van der Waals surface area contributed by atoms with Crippen molar-refractivity contribution in [3.8, 4) is 5.75 Å². The minimum absolute atomic E-state index is 0.307. The number of aromatic hydroxyl groups is 1. The van der Waals surface area contributed by atoms with Crippen LogP contribution in [0.1, 0.15) is 24.5 Å². The summed E-state index contributed by atoms with van der Waals surface area (Å²) in [4.78, 5) is 24.8. The van der Waals surface area contributed by atoms with Crippen molar-refractivity contribution in [2.24, 2.45) is 0 Å². The number of anilines is 3. The Morgan fingerprint density at radius 2 is 1.78 bits per heavy atom. The molecule has 5 N–H and O–H groups in total. The van der Waals surface area contributed by atoms with Gasteiger partial charge in [0, 0.05) is 12.8 Å². The molecule has 8 nitrogen and oxygen atoms in total. The number of nitrogen functional groups attached to an aromatic ring is 1. The lowest BCUT2D eigenvalue weighted by atomic mass is 10.00. The summed E-state index contributed by atoms with van der Waals surface area (Å²) in [6.45, 7) is 0. The van der Waals surface area contributed by atoms with E-state index in [0.29, 0.717) is 35.5 Å². The molecule has 0 heterocycles. The van der Waals surface area contributed by atoms with Crippen LogP contribution in [0.5, 0.6) is 5.75 Å². The molecular weight excluding hydrogens is 465 g/mol. The van der Waals surface area contributed by atoms with Crippen LogP contribution in [0, 0.1) is 5.82 Å². The van der Waals surface area contributed by atoms with Crippen molar-refractivity contribution in [2.45, 2.75) is 25.0 Å². The van der Waals surface area contributed by atoms with Gasteiger partial charge in [-0.15, -0.1) is 0 Å². The van der Waals surface area contributed by atoms with Crippen LogP contribution in [0.15, 0.2) is 84.9 Å². The molecule has 9 heteroatoms. The first-order valence-corrected chi connectivity index (χ1v) is 11.2. The smallest absolute Gasteiger partial charge is 0.412 e. The number of rotatable bonds is 10. The Balaban J connectivity index is 1.67. The average Bonchev–Trinajstić information content (AvgIpc) is 2.87. The van der Waals surface area contributed by atoms with Crippen molar-refractivity contribution < 1.29 is 28.6 Å². The number of phenols is 1. The molecule has 0 saturated heterocycles. The fourth-order valence-corrected chi connectivity index (χ4v) is 3.47. The first-order chi connectivity index (χ1) is 17.4. The Hall–Kier alpha value is -4.37. The Labute approximate surface area is 208 Å². The van der Waals surface area contributed by atoms with Crippen molar-refractivity contribution in [2.75, 3.05) is 23.5 Å². The van der Waals surface area contributed by atoms with E-state index in [1.165, 1.54) is 25.3 Å². The number of methoxy groups -OCH3 is 1. The van der Waals surface area contributed by atoms with Gasteiger partial charge in [0.05, 0.1) is 17.5 Å². The van der Waals surface area contributed by atoms with E-state index in [2.05, 4.69) is 10.6 Å². The number of amides is 2. The number of benzene rings is 3. The molecule has 0 aliphatic heterocycles. The second kappa shape index (κ2) is 12.9. The van der Waals surface area contributed by atoms with Gasteiger partial charge < -0.3 is 25.6 Å². The van der Waals surface area contributed by atoms with Crippen molar-refractivity contribution >= 4 is 29.1 Å². The molecule has 2 amide bonds. The van der Waals surface area contributed by atoms with Crippen LogP contribution in [0.4, 0.5) is 26.2 Å². The molecule has 36 heavy (non-hydrogen) atoms. The topological polar surface area (TPSA) is 123 Å². The van der Waals surface area contributed by atoms with Gasteiger partial charge in [-0.05, 0) is 60.9 Å². The largest absolute Gasteiger partial charge is 0.505 e. The molecule has 0 saturated carbocycles. The number of phenolic OH excluding ortho intramolecular Hbond substituents is 1. The van der Waals surface area contributed by atoms with E-state index in [0.717, 1.165) is 6.07 Å². The van der Waals surface area contributed by atoms with Crippen LogP contribution in [0.25, 0.3) is 0 Å². The van der Waals surface area contributed by atoms with Gasteiger partial charge >= 0.3 is 6.09 Å². The molecule has 0 aliphatic rings. The number of hydrogen-bond donors (Lipinski definition) is 4. The highest BCUT2D eigenvalue weighted by Crippen LogP contribution is 2.30. The van der Waals surface area contributed by atoms with Gasteiger partial charge in [-0.1, -0.05) is 42.5 Å². The van der Waals surface area contributed by atoms with Crippen molar-refractivity contribution in [3.63, 3.8) is 0 Å². The third-order valence-corrected chi connectivity index (χ3v) is 5.30. The highest BCUT2D eigenvalue weighted by molar-refractivity contribution is 6.01. The number of halogens is 1. The van der Waals surface area contributed by atoms with E-state index >= 15 is 0 Å². The number of para-hydroxylation sites is 3. The number of allylic oxidation sites excluding steroid dienone is 1. The summed E-state index contributed by atoms with van der Waals surface area (Å²) in [5.74, 6) is -1.72. The van der Waals surface area contributed by atoms with Gasteiger partial charge in [-0.3, -0.25) is 10.1 Å².